The number of aliphatic carboxylic acids is 1. The molecule has 3 heteroatoms. The van der Waals surface area contributed by atoms with Crippen LogP contribution in [0.25, 0.3) is 10.8 Å². The highest BCUT2D eigenvalue weighted by atomic mass is 16.5. The molecule has 0 bridgehead atoms. The second-order valence-corrected chi connectivity index (χ2v) is 6.64. The van der Waals surface area contributed by atoms with Crippen LogP contribution in [0.2, 0.25) is 0 Å². The monoisotopic (exact) mass is 298 g/mol. The van der Waals surface area contributed by atoms with Crippen molar-refractivity contribution in [3.63, 3.8) is 0 Å². The van der Waals surface area contributed by atoms with Crippen molar-refractivity contribution in [3.8, 4) is 5.75 Å². The minimum Gasteiger partial charge on any atom is -0.497 e. The number of fused-ring (bicyclic) bond motifs is 1. The zero-order valence-corrected chi connectivity index (χ0v) is 13.1. The number of benzene rings is 2. The predicted molar refractivity (Wildman–Crippen MR) is 87.5 cm³/mol. The predicted octanol–water partition coefficient (Wildman–Crippen LogP) is 4.60. The first kappa shape index (κ1) is 14.9. The van der Waals surface area contributed by atoms with Crippen LogP contribution in [-0.2, 0) is 4.79 Å². The third kappa shape index (κ3) is 2.68. The maximum absolute atomic E-state index is 11.2. The van der Waals surface area contributed by atoms with Crippen LogP contribution in [0.1, 0.15) is 44.1 Å². The average Bonchev–Trinajstić information content (AvgIpc) is 2.86. The van der Waals surface area contributed by atoms with Gasteiger partial charge in [0.15, 0.2) is 0 Å². The van der Waals surface area contributed by atoms with Crippen LogP contribution in [0.5, 0.6) is 5.75 Å². The lowest BCUT2D eigenvalue weighted by Gasteiger charge is -2.30. The molecule has 1 aliphatic carbocycles. The summed E-state index contributed by atoms with van der Waals surface area (Å²) < 4.78 is 5.26. The number of carboxylic acids is 1. The summed E-state index contributed by atoms with van der Waals surface area (Å²) in [6, 6.07) is 12.6. The van der Waals surface area contributed by atoms with Crippen LogP contribution < -0.4 is 4.74 Å². The lowest BCUT2D eigenvalue weighted by molar-refractivity contribution is -0.139. The summed E-state index contributed by atoms with van der Waals surface area (Å²) in [5.41, 5.74) is 1.13. The van der Waals surface area contributed by atoms with Gasteiger partial charge in [-0.25, -0.2) is 0 Å². The van der Waals surface area contributed by atoms with Crippen LogP contribution in [-0.4, -0.2) is 18.2 Å². The first-order valence-corrected chi connectivity index (χ1v) is 7.81. The van der Waals surface area contributed by atoms with Gasteiger partial charge in [-0.3, -0.25) is 4.79 Å². The molecule has 1 N–H and O–H groups in total. The highest BCUT2D eigenvalue weighted by Gasteiger charge is 2.41. The molecule has 22 heavy (non-hydrogen) atoms. The smallest absolute Gasteiger partial charge is 0.303 e. The van der Waals surface area contributed by atoms with Crippen LogP contribution in [0.15, 0.2) is 36.4 Å². The minimum absolute atomic E-state index is 0.133. The fraction of sp³-hybridized carbons (Fsp3) is 0.421. The summed E-state index contributed by atoms with van der Waals surface area (Å²) in [6.07, 6.45) is 3.42. The van der Waals surface area contributed by atoms with Gasteiger partial charge in [0.05, 0.1) is 13.5 Å². The fourth-order valence-corrected chi connectivity index (χ4v) is 3.94. The van der Waals surface area contributed by atoms with Crippen molar-refractivity contribution in [2.45, 2.75) is 38.5 Å². The molecule has 0 saturated heterocycles. The number of carbonyl (C=O) groups is 1. The molecule has 1 aliphatic rings. The molecule has 3 rings (SSSR count). The molecule has 1 saturated carbocycles. The van der Waals surface area contributed by atoms with Gasteiger partial charge >= 0.3 is 5.97 Å². The minimum atomic E-state index is -0.695. The molecule has 0 unspecified atom stereocenters. The van der Waals surface area contributed by atoms with Crippen LogP contribution in [0, 0.1) is 5.41 Å². The second-order valence-electron chi connectivity index (χ2n) is 6.64. The van der Waals surface area contributed by atoms with Crippen LogP contribution >= 0.6 is 0 Å². The molecule has 2 atom stereocenters. The van der Waals surface area contributed by atoms with Gasteiger partial charge in [-0.2, -0.15) is 0 Å². The van der Waals surface area contributed by atoms with Crippen molar-refractivity contribution in [2.75, 3.05) is 7.11 Å². The van der Waals surface area contributed by atoms with Gasteiger partial charge in [-0.1, -0.05) is 37.6 Å². The van der Waals surface area contributed by atoms with Crippen molar-refractivity contribution < 1.29 is 14.6 Å². The first-order chi connectivity index (χ1) is 10.5. The molecule has 0 radical (unpaired) electrons. The maximum Gasteiger partial charge on any atom is 0.303 e. The van der Waals surface area contributed by atoms with Crippen LogP contribution in [0.4, 0.5) is 0 Å². The Hall–Kier alpha value is -2.03. The Kier molecular flexibility index (Phi) is 3.81. The normalized spacial score (nSPS) is 24.5. The maximum atomic E-state index is 11.2. The van der Waals surface area contributed by atoms with Gasteiger partial charge in [0.2, 0.25) is 0 Å². The molecule has 1 fully saturated rings. The van der Waals surface area contributed by atoms with E-state index in [0.29, 0.717) is 5.92 Å². The van der Waals surface area contributed by atoms with Crippen LogP contribution in [0.3, 0.4) is 0 Å². The summed E-state index contributed by atoms with van der Waals surface area (Å²) in [4.78, 5) is 11.2. The van der Waals surface area contributed by atoms with Gasteiger partial charge in [0.1, 0.15) is 5.75 Å². The van der Waals surface area contributed by atoms with E-state index in [4.69, 9.17) is 4.74 Å². The van der Waals surface area contributed by atoms with E-state index in [9.17, 15) is 9.90 Å². The summed E-state index contributed by atoms with van der Waals surface area (Å²) in [6.45, 7) is 2.12. The molecule has 116 valence electrons. The molecule has 2 aromatic rings. The van der Waals surface area contributed by atoms with E-state index >= 15 is 0 Å². The highest BCUT2D eigenvalue weighted by molar-refractivity contribution is 5.84. The molecule has 0 spiro atoms. The summed E-state index contributed by atoms with van der Waals surface area (Å²) >= 11 is 0. The van der Waals surface area contributed by atoms with Crippen molar-refractivity contribution in [2.24, 2.45) is 5.41 Å². The Bertz CT molecular complexity index is 707. The van der Waals surface area contributed by atoms with E-state index in [2.05, 4.69) is 31.2 Å². The first-order valence-electron chi connectivity index (χ1n) is 7.81. The molecular weight excluding hydrogens is 276 g/mol. The standard InChI is InChI=1S/C19H22O3/c1-19(12-18(20)21)9-3-4-17(19)15-6-5-14-11-16(22-2)8-7-13(14)10-15/h5-8,10-11,17H,3-4,9,12H2,1-2H3,(H,20,21)/t17-,19-/m1/s1. The average molecular weight is 298 g/mol. The zero-order chi connectivity index (χ0) is 15.7. The van der Waals surface area contributed by atoms with Gasteiger partial charge in [-0.05, 0) is 52.6 Å². The summed E-state index contributed by atoms with van der Waals surface area (Å²) in [7, 11) is 1.67. The Balaban J connectivity index is 1.97. The molecule has 3 nitrogen and oxygen atoms in total. The number of rotatable bonds is 4. The number of carboxylic acid groups (broad SMARTS) is 1. The van der Waals surface area contributed by atoms with E-state index < -0.39 is 5.97 Å². The van der Waals surface area contributed by atoms with E-state index in [0.717, 1.165) is 30.4 Å². The Morgan fingerprint density at radius 2 is 2.00 bits per heavy atom. The Morgan fingerprint density at radius 3 is 2.73 bits per heavy atom. The molecule has 0 aromatic heterocycles. The number of methoxy groups -OCH3 is 1. The molecule has 0 amide bonds. The largest absolute Gasteiger partial charge is 0.497 e. The highest BCUT2D eigenvalue weighted by Crippen LogP contribution is 2.51. The summed E-state index contributed by atoms with van der Waals surface area (Å²) in [5.74, 6) is 0.492. The third-order valence-electron chi connectivity index (χ3n) is 5.11. The van der Waals surface area contributed by atoms with Gasteiger partial charge < -0.3 is 9.84 Å². The topological polar surface area (TPSA) is 46.5 Å². The molecule has 2 aromatic carbocycles. The SMILES string of the molecule is COc1ccc2cc([C@H]3CCC[C@]3(C)CC(=O)O)ccc2c1. The lowest BCUT2D eigenvalue weighted by Crippen LogP contribution is -2.23. The van der Waals surface area contributed by atoms with E-state index in [1.54, 1.807) is 7.11 Å². The Labute approximate surface area is 130 Å². The van der Waals surface area contributed by atoms with Crippen molar-refractivity contribution in [1.29, 1.82) is 0 Å². The fourth-order valence-electron chi connectivity index (χ4n) is 3.94. The zero-order valence-electron chi connectivity index (χ0n) is 13.1. The van der Waals surface area contributed by atoms with E-state index in [-0.39, 0.29) is 11.8 Å². The third-order valence-corrected chi connectivity index (χ3v) is 5.11. The lowest BCUT2D eigenvalue weighted by atomic mass is 9.73. The quantitative estimate of drug-likeness (QED) is 0.897. The number of hydrogen-bond acceptors (Lipinski definition) is 2. The van der Waals surface area contributed by atoms with Crippen molar-refractivity contribution >= 4 is 16.7 Å². The Morgan fingerprint density at radius 1 is 1.27 bits per heavy atom. The van der Waals surface area contributed by atoms with Gasteiger partial charge in [-0.15, -0.1) is 0 Å². The number of ether oxygens (including phenoxy) is 1. The van der Waals surface area contributed by atoms with Crippen molar-refractivity contribution in [1.82, 2.24) is 0 Å². The summed E-state index contributed by atoms with van der Waals surface area (Å²) in [5, 5.41) is 11.6. The second kappa shape index (κ2) is 5.64. The molecule has 0 heterocycles. The van der Waals surface area contributed by atoms with E-state index in [1.165, 1.54) is 10.9 Å². The molecular formula is C19H22O3. The van der Waals surface area contributed by atoms with Crippen molar-refractivity contribution in [3.05, 3.63) is 42.0 Å². The number of hydrogen-bond donors (Lipinski definition) is 1. The molecule has 0 aliphatic heterocycles. The van der Waals surface area contributed by atoms with Gasteiger partial charge in [0, 0.05) is 0 Å². The van der Waals surface area contributed by atoms with E-state index in [1.807, 2.05) is 12.1 Å². The van der Waals surface area contributed by atoms with Gasteiger partial charge in [0.25, 0.3) is 0 Å².